The summed E-state index contributed by atoms with van der Waals surface area (Å²) in [5.74, 6) is 6.87. The minimum absolute atomic E-state index is 0.0228. The van der Waals surface area contributed by atoms with Gasteiger partial charge in [0.25, 0.3) is 0 Å². The molecule has 6 nitrogen and oxygen atoms in total. The van der Waals surface area contributed by atoms with Crippen LogP contribution < -0.4 is 16.6 Å². The van der Waals surface area contributed by atoms with E-state index in [1.165, 1.54) is 6.33 Å². The summed E-state index contributed by atoms with van der Waals surface area (Å²) in [5, 5.41) is 12.6. The first-order valence-electron chi connectivity index (χ1n) is 6.61. The fraction of sp³-hybridized carbons (Fsp3) is 0.692. The lowest BCUT2D eigenvalue weighted by Gasteiger charge is -2.32. The molecule has 1 rings (SSSR count). The minimum Gasteiger partial charge on any atom is -0.396 e. The number of anilines is 2. The van der Waals surface area contributed by atoms with Crippen molar-refractivity contribution < 1.29 is 5.11 Å². The summed E-state index contributed by atoms with van der Waals surface area (Å²) in [5.41, 5.74) is 3.57. The van der Waals surface area contributed by atoms with Gasteiger partial charge in [-0.3, -0.25) is 0 Å². The van der Waals surface area contributed by atoms with E-state index < -0.39 is 0 Å². The Hall–Kier alpha value is -1.40. The van der Waals surface area contributed by atoms with Crippen LogP contribution in [0.4, 0.5) is 11.6 Å². The van der Waals surface area contributed by atoms with Crippen LogP contribution in [0.3, 0.4) is 0 Å². The summed E-state index contributed by atoms with van der Waals surface area (Å²) in [7, 11) is 0. The smallest absolute Gasteiger partial charge is 0.148 e. The molecule has 108 valence electrons. The summed E-state index contributed by atoms with van der Waals surface area (Å²) in [6.45, 7) is 8.58. The van der Waals surface area contributed by atoms with Gasteiger partial charge in [0.05, 0.1) is 0 Å². The van der Waals surface area contributed by atoms with E-state index >= 15 is 0 Å². The van der Waals surface area contributed by atoms with E-state index in [2.05, 4.69) is 41.5 Å². The highest BCUT2D eigenvalue weighted by Crippen LogP contribution is 2.27. The van der Waals surface area contributed by atoms with Gasteiger partial charge in [-0.15, -0.1) is 0 Å². The minimum atomic E-state index is 0.0228. The summed E-state index contributed by atoms with van der Waals surface area (Å²) < 4.78 is 0. The molecular formula is C13H25N5O. The fourth-order valence-corrected chi connectivity index (χ4v) is 2.01. The molecule has 6 heteroatoms. The standard InChI is InChI=1S/C13H25N5O/c1-5-9-11(15-8-16-12(9)18-14)17-10(6-7-19)13(2,3)4/h8,10,19H,5-7,14H2,1-4H3,(H2,15,16,17,18). The highest BCUT2D eigenvalue weighted by molar-refractivity contribution is 5.57. The van der Waals surface area contributed by atoms with Crippen LogP contribution in [0.2, 0.25) is 0 Å². The van der Waals surface area contributed by atoms with Crippen LogP contribution in [0.15, 0.2) is 6.33 Å². The van der Waals surface area contributed by atoms with Crippen LogP contribution in [0, 0.1) is 5.41 Å². The largest absolute Gasteiger partial charge is 0.396 e. The first-order valence-corrected chi connectivity index (χ1v) is 6.61. The number of nitrogen functional groups attached to an aromatic ring is 1. The van der Waals surface area contributed by atoms with Gasteiger partial charge in [0, 0.05) is 18.2 Å². The number of hydrogen-bond acceptors (Lipinski definition) is 6. The zero-order valence-corrected chi connectivity index (χ0v) is 12.2. The van der Waals surface area contributed by atoms with Gasteiger partial charge in [-0.2, -0.15) is 0 Å². The zero-order chi connectivity index (χ0) is 14.5. The Morgan fingerprint density at radius 3 is 2.42 bits per heavy atom. The Balaban J connectivity index is 3.02. The van der Waals surface area contributed by atoms with Crippen LogP contribution in [-0.2, 0) is 6.42 Å². The molecule has 1 aromatic rings. The molecule has 0 radical (unpaired) electrons. The zero-order valence-electron chi connectivity index (χ0n) is 12.2. The van der Waals surface area contributed by atoms with Crippen molar-refractivity contribution in [2.75, 3.05) is 17.3 Å². The molecule has 19 heavy (non-hydrogen) atoms. The van der Waals surface area contributed by atoms with Crippen LogP contribution in [0.5, 0.6) is 0 Å². The van der Waals surface area contributed by atoms with Gasteiger partial charge in [0.15, 0.2) is 0 Å². The van der Waals surface area contributed by atoms with Gasteiger partial charge in [0.2, 0.25) is 0 Å². The number of aliphatic hydroxyl groups excluding tert-OH is 1. The van der Waals surface area contributed by atoms with Crippen molar-refractivity contribution in [2.24, 2.45) is 11.3 Å². The summed E-state index contributed by atoms with van der Waals surface area (Å²) in [6.07, 6.45) is 2.93. The van der Waals surface area contributed by atoms with Crippen molar-refractivity contribution in [3.05, 3.63) is 11.9 Å². The van der Waals surface area contributed by atoms with E-state index in [1.807, 2.05) is 6.92 Å². The first-order chi connectivity index (χ1) is 8.93. The van der Waals surface area contributed by atoms with E-state index in [4.69, 9.17) is 5.84 Å². The molecule has 0 aliphatic heterocycles. The lowest BCUT2D eigenvalue weighted by Crippen LogP contribution is -2.35. The fourth-order valence-electron chi connectivity index (χ4n) is 2.01. The predicted molar refractivity (Wildman–Crippen MR) is 77.8 cm³/mol. The van der Waals surface area contributed by atoms with Crippen molar-refractivity contribution in [1.29, 1.82) is 0 Å². The number of aromatic nitrogens is 2. The molecule has 0 saturated carbocycles. The number of nitrogens with zero attached hydrogens (tertiary/aromatic N) is 2. The lowest BCUT2D eigenvalue weighted by atomic mass is 9.85. The van der Waals surface area contributed by atoms with Crippen molar-refractivity contribution in [3.8, 4) is 0 Å². The van der Waals surface area contributed by atoms with Gasteiger partial charge in [-0.05, 0) is 18.3 Å². The van der Waals surface area contributed by atoms with Crippen LogP contribution in [0.25, 0.3) is 0 Å². The van der Waals surface area contributed by atoms with Crippen molar-refractivity contribution in [2.45, 2.75) is 46.6 Å². The predicted octanol–water partition coefficient (Wildman–Crippen LogP) is 1.53. The van der Waals surface area contributed by atoms with E-state index in [9.17, 15) is 5.11 Å². The molecule has 0 bridgehead atoms. The van der Waals surface area contributed by atoms with E-state index in [-0.39, 0.29) is 18.1 Å². The Morgan fingerprint density at radius 1 is 1.32 bits per heavy atom. The molecule has 0 aromatic carbocycles. The van der Waals surface area contributed by atoms with Gasteiger partial charge < -0.3 is 15.8 Å². The molecule has 0 aliphatic carbocycles. The maximum atomic E-state index is 9.20. The van der Waals surface area contributed by atoms with Gasteiger partial charge in [0.1, 0.15) is 18.0 Å². The molecule has 1 aromatic heterocycles. The Labute approximate surface area is 114 Å². The summed E-state index contributed by atoms with van der Waals surface area (Å²) in [6, 6.07) is 0.128. The second kappa shape index (κ2) is 6.68. The quantitative estimate of drug-likeness (QED) is 0.461. The van der Waals surface area contributed by atoms with E-state index in [1.54, 1.807) is 0 Å². The second-order valence-corrected chi connectivity index (χ2v) is 5.62. The monoisotopic (exact) mass is 267 g/mol. The number of rotatable bonds is 6. The van der Waals surface area contributed by atoms with E-state index in [0.29, 0.717) is 12.2 Å². The van der Waals surface area contributed by atoms with Crippen LogP contribution in [-0.4, -0.2) is 27.7 Å². The maximum absolute atomic E-state index is 9.20. The third kappa shape index (κ3) is 4.04. The van der Waals surface area contributed by atoms with E-state index in [0.717, 1.165) is 17.8 Å². The molecule has 5 N–H and O–H groups in total. The number of hydrogen-bond donors (Lipinski definition) is 4. The summed E-state index contributed by atoms with van der Waals surface area (Å²) >= 11 is 0. The number of nitrogens with one attached hydrogen (secondary N) is 2. The Morgan fingerprint density at radius 2 is 1.95 bits per heavy atom. The van der Waals surface area contributed by atoms with Crippen LogP contribution in [0.1, 0.15) is 39.7 Å². The van der Waals surface area contributed by atoms with Gasteiger partial charge in [-0.25, -0.2) is 15.8 Å². The SMILES string of the molecule is CCc1c(NN)ncnc1NC(CCO)C(C)(C)C. The van der Waals surface area contributed by atoms with Crippen molar-refractivity contribution in [1.82, 2.24) is 9.97 Å². The van der Waals surface area contributed by atoms with Crippen molar-refractivity contribution >= 4 is 11.6 Å². The molecule has 0 aliphatic rings. The van der Waals surface area contributed by atoms with Crippen LogP contribution >= 0.6 is 0 Å². The molecule has 0 saturated heterocycles. The molecule has 0 spiro atoms. The third-order valence-electron chi connectivity index (χ3n) is 3.21. The normalized spacial score (nSPS) is 13.2. The average Bonchev–Trinajstić information content (AvgIpc) is 2.36. The summed E-state index contributed by atoms with van der Waals surface area (Å²) in [4.78, 5) is 8.40. The van der Waals surface area contributed by atoms with Gasteiger partial charge in [-0.1, -0.05) is 27.7 Å². The second-order valence-electron chi connectivity index (χ2n) is 5.62. The highest BCUT2D eigenvalue weighted by atomic mass is 16.3. The first kappa shape index (κ1) is 15.7. The molecular weight excluding hydrogens is 242 g/mol. The average molecular weight is 267 g/mol. The van der Waals surface area contributed by atoms with Gasteiger partial charge >= 0.3 is 0 Å². The molecule has 0 amide bonds. The topological polar surface area (TPSA) is 96.1 Å². The maximum Gasteiger partial charge on any atom is 0.148 e. The third-order valence-corrected chi connectivity index (χ3v) is 3.21. The highest BCUT2D eigenvalue weighted by Gasteiger charge is 2.25. The Kier molecular flexibility index (Phi) is 5.50. The number of hydrazine groups is 1. The number of nitrogens with two attached hydrogens (primary N) is 1. The van der Waals surface area contributed by atoms with Crippen molar-refractivity contribution in [3.63, 3.8) is 0 Å². The molecule has 1 atom stereocenters. The molecule has 1 heterocycles. The molecule has 0 fully saturated rings. The number of aliphatic hydroxyl groups is 1. The molecule has 1 unspecified atom stereocenters. The Bertz CT molecular complexity index is 403. The lowest BCUT2D eigenvalue weighted by molar-refractivity contribution is 0.235.